The molecule has 1 fully saturated rings. The van der Waals surface area contributed by atoms with Crippen LogP contribution < -0.4 is 5.32 Å². The zero-order valence-electron chi connectivity index (χ0n) is 10.2. The molecule has 2 rings (SSSR count). The van der Waals surface area contributed by atoms with E-state index < -0.39 is 5.97 Å². The van der Waals surface area contributed by atoms with Crippen LogP contribution >= 0.6 is 0 Å². The molecule has 0 bridgehead atoms. The van der Waals surface area contributed by atoms with Gasteiger partial charge in [0.25, 0.3) is 0 Å². The predicted molar refractivity (Wildman–Crippen MR) is 68.6 cm³/mol. The molecular weight excluding hydrogens is 214 g/mol. The Labute approximate surface area is 102 Å². The molecule has 1 aliphatic rings. The Morgan fingerprint density at radius 1 is 1.47 bits per heavy atom. The number of carboxylic acid groups (broad SMARTS) is 1. The molecule has 1 aromatic rings. The molecule has 0 amide bonds. The number of benzene rings is 1. The second kappa shape index (κ2) is 5.21. The van der Waals surface area contributed by atoms with E-state index in [1.54, 1.807) is 6.07 Å². The molecule has 0 spiro atoms. The molecule has 0 aliphatic heterocycles. The Balaban J connectivity index is 1.91. The minimum Gasteiger partial charge on any atom is -0.478 e. The third-order valence-electron chi connectivity index (χ3n) is 3.21. The highest BCUT2D eigenvalue weighted by atomic mass is 16.4. The Bertz CT molecular complexity index is 411. The van der Waals surface area contributed by atoms with Crippen molar-refractivity contribution in [2.45, 2.75) is 32.6 Å². The van der Waals surface area contributed by atoms with Crippen molar-refractivity contribution in [2.75, 3.05) is 11.9 Å². The summed E-state index contributed by atoms with van der Waals surface area (Å²) >= 11 is 0. The molecule has 3 nitrogen and oxygen atoms in total. The van der Waals surface area contributed by atoms with Crippen LogP contribution in [0.25, 0.3) is 0 Å². The Morgan fingerprint density at radius 2 is 2.24 bits per heavy atom. The van der Waals surface area contributed by atoms with Crippen molar-refractivity contribution in [3.63, 3.8) is 0 Å². The van der Waals surface area contributed by atoms with E-state index in [0.29, 0.717) is 5.56 Å². The maximum absolute atomic E-state index is 11.1. The highest BCUT2D eigenvalue weighted by Crippen LogP contribution is 2.33. The number of nitrogens with one attached hydrogen (secondary N) is 1. The van der Waals surface area contributed by atoms with Gasteiger partial charge >= 0.3 is 5.97 Å². The SMILES string of the molecule is Cc1ccc(NCCCC2CC2)c(C(=O)O)c1. The fourth-order valence-electron chi connectivity index (χ4n) is 2.01. The second-order valence-corrected chi connectivity index (χ2v) is 4.87. The van der Waals surface area contributed by atoms with Crippen LogP contribution in [-0.2, 0) is 0 Å². The number of hydrogen-bond acceptors (Lipinski definition) is 2. The quantitative estimate of drug-likeness (QED) is 0.741. The van der Waals surface area contributed by atoms with E-state index in [0.717, 1.165) is 30.1 Å². The minimum atomic E-state index is -0.863. The first-order valence-electron chi connectivity index (χ1n) is 6.24. The van der Waals surface area contributed by atoms with Gasteiger partial charge in [0.1, 0.15) is 0 Å². The molecule has 3 heteroatoms. The fourth-order valence-corrected chi connectivity index (χ4v) is 2.01. The van der Waals surface area contributed by atoms with Gasteiger partial charge < -0.3 is 10.4 Å². The molecular formula is C14H19NO2. The van der Waals surface area contributed by atoms with Crippen LogP contribution in [0, 0.1) is 12.8 Å². The number of carboxylic acids is 1. The van der Waals surface area contributed by atoms with E-state index in [1.165, 1.54) is 19.3 Å². The molecule has 17 heavy (non-hydrogen) atoms. The normalized spacial score (nSPS) is 14.6. The van der Waals surface area contributed by atoms with Crippen LogP contribution in [0.2, 0.25) is 0 Å². The third-order valence-corrected chi connectivity index (χ3v) is 3.21. The lowest BCUT2D eigenvalue weighted by atomic mass is 10.1. The van der Waals surface area contributed by atoms with E-state index in [4.69, 9.17) is 5.11 Å². The van der Waals surface area contributed by atoms with E-state index in [2.05, 4.69) is 5.32 Å². The zero-order chi connectivity index (χ0) is 12.3. The average Bonchev–Trinajstić information content (AvgIpc) is 3.09. The lowest BCUT2D eigenvalue weighted by Crippen LogP contribution is -2.08. The maximum atomic E-state index is 11.1. The molecule has 92 valence electrons. The Hall–Kier alpha value is -1.51. The van der Waals surface area contributed by atoms with Crippen molar-refractivity contribution in [1.29, 1.82) is 0 Å². The van der Waals surface area contributed by atoms with Crippen LogP contribution in [0.3, 0.4) is 0 Å². The number of anilines is 1. The zero-order valence-corrected chi connectivity index (χ0v) is 10.2. The van der Waals surface area contributed by atoms with Gasteiger partial charge in [-0.3, -0.25) is 0 Å². The number of rotatable bonds is 6. The number of aromatic carboxylic acids is 1. The second-order valence-electron chi connectivity index (χ2n) is 4.87. The lowest BCUT2D eigenvalue weighted by Gasteiger charge is -2.10. The van der Waals surface area contributed by atoms with Crippen LogP contribution in [0.5, 0.6) is 0 Å². The molecule has 2 N–H and O–H groups in total. The molecule has 0 unspecified atom stereocenters. The van der Waals surface area contributed by atoms with Gasteiger partial charge in [0.2, 0.25) is 0 Å². The molecule has 0 saturated heterocycles. The first kappa shape index (κ1) is 12.0. The average molecular weight is 233 g/mol. The van der Waals surface area contributed by atoms with E-state index >= 15 is 0 Å². The van der Waals surface area contributed by atoms with Crippen molar-refractivity contribution in [3.8, 4) is 0 Å². The van der Waals surface area contributed by atoms with E-state index in [-0.39, 0.29) is 0 Å². The highest BCUT2D eigenvalue weighted by Gasteiger charge is 2.20. The van der Waals surface area contributed by atoms with Crippen LogP contribution in [0.4, 0.5) is 5.69 Å². The van der Waals surface area contributed by atoms with E-state index in [1.807, 2.05) is 19.1 Å². The van der Waals surface area contributed by atoms with Crippen LogP contribution in [0.1, 0.15) is 41.6 Å². The Morgan fingerprint density at radius 3 is 2.88 bits per heavy atom. The summed E-state index contributed by atoms with van der Waals surface area (Å²) in [6.45, 7) is 2.77. The lowest BCUT2D eigenvalue weighted by molar-refractivity contribution is 0.0698. The van der Waals surface area contributed by atoms with Crippen molar-refractivity contribution >= 4 is 11.7 Å². The molecule has 0 atom stereocenters. The van der Waals surface area contributed by atoms with Crippen molar-refractivity contribution in [1.82, 2.24) is 0 Å². The van der Waals surface area contributed by atoms with Gasteiger partial charge in [-0.25, -0.2) is 4.79 Å². The predicted octanol–water partition coefficient (Wildman–Crippen LogP) is 3.30. The van der Waals surface area contributed by atoms with Crippen molar-refractivity contribution in [2.24, 2.45) is 5.92 Å². The van der Waals surface area contributed by atoms with Crippen LogP contribution in [0.15, 0.2) is 18.2 Å². The Kier molecular flexibility index (Phi) is 3.67. The monoisotopic (exact) mass is 233 g/mol. The summed E-state index contributed by atoms with van der Waals surface area (Å²) in [5, 5.41) is 12.3. The molecule has 0 aromatic heterocycles. The number of hydrogen-bond donors (Lipinski definition) is 2. The van der Waals surface area contributed by atoms with Gasteiger partial charge in [0.15, 0.2) is 0 Å². The summed E-state index contributed by atoms with van der Waals surface area (Å²) in [7, 11) is 0. The van der Waals surface area contributed by atoms with E-state index in [9.17, 15) is 4.79 Å². The number of carbonyl (C=O) groups is 1. The molecule has 0 heterocycles. The summed E-state index contributed by atoms with van der Waals surface area (Å²) < 4.78 is 0. The first-order valence-corrected chi connectivity index (χ1v) is 6.24. The summed E-state index contributed by atoms with van der Waals surface area (Å²) in [6.07, 6.45) is 5.15. The van der Waals surface area contributed by atoms with Gasteiger partial charge in [0.05, 0.1) is 5.56 Å². The van der Waals surface area contributed by atoms with Gasteiger partial charge in [0, 0.05) is 12.2 Å². The van der Waals surface area contributed by atoms with Gasteiger partial charge in [-0.2, -0.15) is 0 Å². The third kappa shape index (κ3) is 3.48. The van der Waals surface area contributed by atoms with Crippen molar-refractivity contribution in [3.05, 3.63) is 29.3 Å². The summed E-state index contributed by atoms with van der Waals surface area (Å²) in [5.41, 5.74) is 2.08. The largest absolute Gasteiger partial charge is 0.478 e. The summed E-state index contributed by atoms with van der Waals surface area (Å²) in [6, 6.07) is 5.51. The molecule has 1 aliphatic carbocycles. The number of aryl methyl sites for hydroxylation is 1. The van der Waals surface area contributed by atoms with Gasteiger partial charge in [-0.05, 0) is 37.8 Å². The minimum absolute atomic E-state index is 0.372. The highest BCUT2D eigenvalue weighted by molar-refractivity contribution is 5.94. The van der Waals surface area contributed by atoms with Gasteiger partial charge in [-0.1, -0.05) is 24.5 Å². The maximum Gasteiger partial charge on any atom is 0.337 e. The molecule has 1 saturated carbocycles. The first-order chi connectivity index (χ1) is 8.16. The smallest absolute Gasteiger partial charge is 0.337 e. The molecule has 0 radical (unpaired) electrons. The standard InChI is InChI=1S/C14H19NO2/c1-10-4-7-13(12(9-10)14(16)17)15-8-2-3-11-5-6-11/h4,7,9,11,15H,2-3,5-6,8H2,1H3,(H,16,17). The van der Waals surface area contributed by atoms with Crippen molar-refractivity contribution < 1.29 is 9.90 Å². The van der Waals surface area contributed by atoms with Gasteiger partial charge in [-0.15, -0.1) is 0 Å². The fraction of sp³-hybridized carbons (Fsp3) is 0.500. The topological polar surface area (TPSA) is 49.3 Å². The van der Waals surface area contributed by atoms with Crippen LogP contribution in [-0.4, -0.2) is 17.6 Å². The molecule has 1 aromatic carbocycles. The summed E-state index contributed by atoms with van der Waals surface area (Å²) in [4.78, 5) is 11.1. The summed E-state index contributed by atoms with van der Waals surface area (Å²) in [5.74, 6) is 0.0761.